The van der Waals surface area contributed by atoms with Crippen molar-refractivity contribution in [3.8, 4) is 0 Å². The maximum absolute atomic E-state index is 12.0. The summed E-state index contributed by atoms with van der Waals surface area (Å²) >= 11 is 0. The molecule has 1 aromatic rings. The van der Waals surface area contributed by atoms with E-state index in [0.717, 1.165) is 38.8 Å². The molecule has 150 valence electrons. The van der Waals surface area contributed by atoms with Crippen molar-refractivity contribution in [3.05, 3.63) is 29.3 Å². The van der Waals surface area contributed by atoms with Gasteiger partial charge in [0, 0.05) is 30.4 Å². The molecule has 0 bridgehead atoms. The fraction of sp³-hybridized carbons (Fsp3) is 0.682. The second-order valence-corrected chi connectivity index (χ2v) is 8.85. The highest BCUT2D eigenvalue weighted by Gasteiger charge is 2.52. The number of carboxylic acids is 1. The fourth-order valence-electron chi connectivity index (χ4n) is 5.74. The number of hydrogen-bond acceptors (Lipinski definition) is 4. The summed E-state index contributed by atoms with van der Waals surface area (Å²) in [6.45, 7) is 5.73. The first-order valence-corrected chi connectivity index (χ1v) is 10.2. The lowest BCUT2D eigenvalue weighted by atomic mass is 9.80. The molecular weight excluding hydrogens is 340 g/mol. The number of carbonyl (C=O) groups is 1. The number of quaternary nitrogens is 1. The Morgan fingerprint density at radius 1 is 1.15 bits per heavy atom. The van der Waals surface area contributed by atoms with Gasteiger partial charge in [0.25, 0.3) is 0 Å². The minimum absolute atomic E-state index is 0.139. The average Bonchev–Trinajstić information content (AvgIpc) is 2.62. The van der Waals surface area contributed by atoms with E-state index in [1.165, 1.54) is 16.8 Å². The number of nitrogens with zero attached hydrogens (tertiary/aromatic N) is 2. The van der Waals surface area contributed by atoms with Gasteiger partial charge in [-0.2, -0.15) is 0 Å². The Balaban J connectivity index is 2.07. The number of likely N-dealkylation sites (tertiary alicyclic amines) is 1. The molecule has 2 atom stereocenters. The summed E-state index contributed by atoms with van der Waals surface area (Å²) in [4.78, 5) is 13.8. The zero-order chi connectivity index (χ0) is 19.8. The molecule has 1 unspecified atom stereocenters. The zero-order valence-corrected chi connectivity index (χ0v) is 17.2. The van der Waals surface area contributed by atoms with E-state index in [1.807, 2.05) is 19.0 Å². The highest BCUT2D eigenvalue weighted by molar-refractivity contribution is 5.77. The maximum atomic E-state index is 12.0. The third-order valence-electron chi connectivity index (χ3n) is 7.30. The SMILES string of the molecule is Cc1cccc(C)c1[N+]1([C@@H]2CCCCC2O)CCC(C(=O)[O-])(N(C)C)CC1. The highest BCUT2D eigenvalue weighted by Crippen LogP contribution is 2.43. The van der Waals surface area contributed by atoms with Gasteiger partial charge >= 0.3 is 0 Å². The number of para-hydroxylation sites is 1. The van der Waals surface area contributed by atoms with Gasteiger partial charge in [-0.15, -0.1) is 0 Å². The molecule has 1 aliphatic heterocycles. The largest absolute Gasteiger partial charge is 0.548 e. The number of rotatable bonds is 4. The number of hydrogen-bond donors (Lipinski definition) is 1. The van der Waals surface area contributed by atoms with Gasteiger partial charge < -0.3 is 15.0 Å². The Hall–Kier alpha value is -1.43. The van der Waals surface area contributed by atoms with Crippen LogP contribution in [0.3, 0.4) is 0 Å². The van der Waals surface area contributed by atoms with E-state index in [0.29, 0.717) is 17.3 Å². The summed E-state index contributed by atoms with van der Waals surface area (Å²) in [6.07, 6.45) is 4.80. The smallest absolute Gasteiger partial charge is 0.139 e. The number of carboxylic acid groups (broad SMARTS) is 1. The van der Waals surface area contributed by atoms with Gasteiger partial charge in [-0.3, -0.25) is 9.38 Å². The number of piperidine rings is 1. The van der Waals surface area contributed by atoms with Gasteiger partial charge in [-0.05, 0) is 40.8 Å². The molecule has 1 heterocycles. The minimum atomic E-state index is -0.976. The van der Waals surface area contributed by atoms with Crippen LogP contribution in [0.15, 0.2) is 18.2 Å². The molecule has 1 aromatic carbocycles. The Morgan fingerprint density at radius 2 is 1.70 bits per heavy atom. The van der Waals surface area contributed by atoms with Crippen LogP contribution >= 0.6 is 0 Å². The van der Waals surface area contributed by atoms with Crippen molar-refractivity contribution in [2.45, 2.75) is 70.1 Å². The molecule has 0 amide bonds. The third-order valence-corrected chi connectivity index (χ3v) is 7.30. The quantitative estimate of drug-likeness (QED) is 0.816. The van der Waals surface area contributed by atoms with Crippen molar-refractivity contribution >= 4 is 11.7 Å². The van der Waals surface area contributed by atoms with E-state index >= 15 is 0 Å². The Bertz CT molecular complexity index is 673. The van der Waals surface area contributed by atoms with Gasteiger partial charge in [-0.25, -0.2) is 0 Å². The molecule has 1 saturated heterocycles. The standard InChI is InChI=1S/C22H34N2O3/c1-16-8-7-9-17(2)20(16)24(18-10-5-6-11-19(18)25)14-12-22(13-15-24,21(26)27)23(3)4/h7-9,18-19,25H,5-6,10-15H2,1-4H3/t18-,19?,22?,24?/m1/s1. The second kappa shape index (κ2) is 7.53. The lowest BCUT2D eigenvalue weighted by Gasteiger charge is -2.56. The molecule has 0 spiro atoms. The number of benzene rings is 1. The zero-order valence-electron chi connectivity index (χ0n) is 17.2. The van der Waals surface area contributed by atoms with Crippen molar-refractivity contribution in [1.82, 2.24) is 9.38 Å². The first-order valence-electron chi connectivity index (χ1n) is 10.2. The lowest BCUT2D eigenvalue weighted by Crippen LogP contribution is -2.71. The molecular formula is C22H34N2O3. The number of aryl methyl sites for hydroxylation is 2. The molecule has 0 aromatic heterocycles. The molecule has 27 heavy (non-hydrogen) atoms. The molecule has 5 heteroatoms. The van der Waals surface area contributed by atoms with Crippen LogP contribution in [0.4, 0.5) is 5.69 Å². The molecule has 0 radical (unpaired) electrons. The monoisotopic (exact) mass is 374 g/mol. The minimum Gasteiger partial charge on any atom is -0.548 e. The summed E-state index contributed by atoms with van der Waals surface area (Å²) in [5, 5.41) is 23.0. The van der Waals surface area contributed by atoms with Crippen LogP contribution in [0, 0.1) is 13.8 Å². The summed E-state index contributed by atoms with van der Waals surface area (Å²) in [5.41, 5.74) is 2.84. The maximum Gasteiger partial charge on any atom is 0.139 e. The fourth-order valence-corrected chi connectivity index (χ4v) is 5.74. The van der Waals surface area contributed by atoms with Crippen molar-refractivity contribution in [2.24, 2.45) is 0 Å². The Kier molecular flexibility index (Phi) is 5.67. The van der Waals surface area contributed by atoms with Crippen LogP contribution < -0.4 is 9.59 Å². The summed E-state index contributed by atoms with van der Waals surface area (Å²) in [5.74, 6) is -0.976. The van der Waals surface area contributed by atoms with E-state index in [1.54, 1.807) is 0 Å². The predicted molar refractivity (Wildman–Crippen MR) is 106 cm³/mol. The van der Waals surface area contributed by atoms with E-state index in [4.69, 9.17) is 0 Å². The molecule has 3 rings (SSSR count). The molecule has 1 aliphatic carbocycles. The number of aliphatic hydroxyl groups excluding tert-OH is 1. The first kappa shape index (κ1) is 20.3. The molecule has 2 aliphatic rings. The summed E-state index contributed by atoms with van der Waals surface area (Å²) < 4.78 is 0.711. The van der Waals surface area contributed by atoms with E-state index in [2.05, 4.69) is 32.0 Å². The van der Waals surface area contributed by atoms with Crippen LogP contribution in [0.25, 0.3) is 0 Å². The normalized spacial score (nSPS) is 34.6. The van der Waals surface area contributed by atoms with Crippen LogP contribution in [0.5, 0.6) is 0 Å². The van der Waals surface area contributed by atoms with Crippen molar-refractivity contribution in [2.75, 3.05) is 27.2 Å². The summed E-state index contributed by atoms with van der Waals surface area (Å²) in [7, 11) is 3.68. The molecule has 1 saturated carbocycles. The molecule has 5 nitrogen and oxygen atoms in total. The third kappa shape index (κ3) is 3.30. The van der Waals surface area contributed by atoms with Crippen molar-refractivity contribution in [1.29, 1.82) is 0 Å². The van der Waals surface area contributed by atoms with Gasteiger partial charge in [0.15, 0.2) is 0 Å². The number of aliphatic carboxylic acids is 1. The Morgan fingerprint density at radius 3 is 2.19 bits per heavy atom. The lowest BCUT2D eigenvalue weighted by molar-refractivity contribution is -0.320. The van der Waals surface area contributed by atoms with Gasteiger partial charge in [0.1, 0.15) is 17.8 Å². The van der Waals surface area contributed by atoms with Gasteiger partial charge in [-0.1, -0.05) is 24.6 Å². The van der Waals surface area contributed by atoms with Crippen LogP contribution in [-0.2, 0) is 4.79 Å². The Labute approximate surface area is 163 Å². The van der Waals surface area contributed by atoms with Gasteiger partial charge in [0.05, 0.1) is 24.6 Å². The first-order chi connectivity index (χ1) is 12.7. The van der Waals surface area contributed by atoms with Crippen LogP contribution in [0.1, 0.15) is 49.7 Å². The van der Waals surface area contributed by atoms with Crippen LogP contribution in [-0.4, -0.2) is 60.8 Å². The van der Waals surface area contributed by atoms with Gasteiger partial charge in [0.2, 0.25) is 0 Å². The molecule has 1 N–H and O–H groups in total. The summed E-state index contributed by atoms with van der Waals surface area (Å²) in [6, 6.07) is 6.51. The van der Waals surface area contributed by atoms with Crippen molar-refractivity contribution in [3.63, 3.8) is 0 Å². The molecule has 2 fully saturated rings. The highest BCUT2D eigenvalue weighted by atomic mass is 16.4. The van der Waals surface area contributed by atoms with E-state index in [-0.39, 0.29) is 12.1 Å². The predicted octanol–water partition coefficient (Wildman–Crippen LogP) is 1.76. The van der Waals surface area contributed by atoms with Crippen LogP contribution in [0.2, 0.25) is 0 Å². The number of likely N-dealkylation sites (N-methyl/N-ethyl adjacent to an activating group) is 1. The topological polar surface area (TPSA) is 63.6 Å². The van der Waals surface area contributed by atoms with E-state index < -0.39 is 11.5 Å². The number of carbonyl (C=O) groups excluding carboxylic acids is 1. The van der Waals surface area contributed by atoms with E-state index in [9.17, 15) is 15.0 Å². The van der Waals surface area contributed by atoms with Crippen molar-refractivity contribution < 1.29 is 15.0 Å². The second-order valence-electron chi connectivity index (χ2n) is 8.85. The average molecular weight is 375 g/mol. The number of aliphatic hydroxyl groups is 1.